The molecule has 0 aromatic carbocycles. The number of hydrogen-bond acceptors (Lipinski definition) is 1. The van der Waals surface area contributed by atoms with Crippen molar-refractivity contribution in [2.24, 2.45) is 34.5 Å². The number of Topliss-reactive ketones (excluding diaryl/α,β-unsaturated/α-hetero) is 1. The molecule has 6 atom stereocenters. The van der Waals surface area contributed by atoms with Crippen molar-refractivity contribution >= 4 is 5.78 Å². The van der Waals surface area contributed by atoms with Gasteiger partial charge in [0.15, 0.2) is 0 Å². The molecule has 6 unspecified atom stereocenters. The molecule has 4 fully saturated rings. The van der Waals surface area contributed by atoms with E-state index in [1.807, 2.05) is 0 Å². The zero-order valence-corrected chi connectivity index (χ0v) is 14.0. The molecule has 4 saturated carbocycles. The van der Waals surface area contributed by atoms with E-state index in [0.29, 0.717) is 11.2 Å². The van der Waals surface area contributed by atoms with Crippen LogP contribution in [0, 0.1) is 34.5 Å². The van der Waals surface area contributed by atoms with Gasteiger partial charge in [0, 0.05) is 11.8 Å². The molecule has 0 aromatic heterocycles. The normalized spacial score (nSPS) is 53.5. The number of rotatable bonds is 0. The van der Waals surface area contributed by atoms with Crippen LogP contribution in [0.5, 0.6) is 0 Å². The Kier molecular flexibility index (Phi) is 3.28. The predicted octanol–water partition coefficient (Wildman–Crippen LogP) is 5.38. The van der Waals surface area contributed by atoms with E-state index in [1.165, 1.54) is 64.2 Å². The van der Waals surface area contributed by atoms with Crippen LogP contribution < -0.4 is 0 Å². The van der Waals surface area contributed by atoms with Crippen LogP contribution in [-0.2, 0) is 4.79 Å². The molecule has 0 aliphatic heterocycles. The Morgan fingerprint density at radius 2 is 1.71 bits per heavy atom. The summed E-state index contributed by atoms with van der Waals surface area (Å²) in [5.41, 5.74) is 0.668. The molecule has 0 radical (unpaired) electrons. The Morgan fingerprint density at radius 3 is 2.57 bits per heavy atom. The van der Waals surface area contributed by atoms with Gasteiger partial charge < -0.3 is 0 Å². The summed E-state index contributed by atoms with van der Waals surface area (Å²) >= 11 is 0. The van der Waals surface area contributed by atoms with E-state index < -0.39 is 0 Å². The fraction of sp³-hybridized carbons (Fsp3) is 0.950. The lowest BCUT2D eigenvalue weighted by Gasteiger charge is -2.58. The lowest BCUT2D eigenvalue weighted by molar-refractivity contribution is -0.136. The molecular weight excluding hydrogens is 256 g/mol. The second-order valence-electron chi connectivity index (χ2n) is 9.17. The van der Waals surface area contributed by atoms with Crippen molar-refractivity contribution in [2.45, 2.75) is 84.5 Å². The number of carbonyl (C=O) groups is 1. The van der Waals surface area contributed by atoms with E-state index in [4.69, 9.17) is 0 Å². The van der Waals surface area contributed by atoms with Crippen LogP contribution in [0.15, 0.2) is 0 Å². The van der Waals surface area contributed by atoms with Crippen molar-refractivity contribution in [1.82, 2.24) is 0 Å². The largest absolute Gasteiger partial charge is 0.299 e. The van der Waals surface area contributed by atoms with Crippen LogP contribution in [-0.4, -0.2) is 5.78 Å². The van der Waals surface area contributed by atoms with Gasteiger partial charge in [-0.1, -0.05) is 33.1 Å². The number of carbonyl (C=O) groups excluding carboxylic acids is 1. The maximum Gasteiger partial charge on any atom is 0.139 e. The standard InChI is InChI=1S/C20H32O/c1-19-12-5-3-4-6-14(19)7-8-15-16-9-10-18(21)20(16,2)13-11-17(15)19/h14-17H,3-13H2,1-2H3. The molecule has 4 aliphatic carbocycles. The third-order valence-electron chi connectivity index (χ3n) is 8.54. The summed E-state index contributed by atoms with van der Waals surface area (Å²) in [4.78, 5) is 12.4. The Balaban J connectivity index is 1.65. The first kappa shape index (κ1) is 14.3. The minimum absolute atomic E-state index is 0.0646. The molecule has 0 amide bonds. The maximum absolute atomic E-state index is 12.4. The van der Waals surface area contributed by atoms with E-state index in [1.54, 1.807) is 0 Å². The summed E-state index contributed by atoms with van der Waals surface area (Å²) in [5, 5.41) is 0. The molecule has 0 N–H and O–H groups in total. The van der Waals surface area contributed by atoms with Crippen LogP contribution in [0.3, 0.4) is 0 Å². The van der Waals surface area contributed by atoms with Crippen LogP contribution in [0.4, 0.5) is 0 Å². The minimum atomic E-state index is 0.0646. The highest BCUT2D eigenvalue weighted by Gasteiger charge is 2.59. The molecule has 1 nitrogen and oxygen atoms in total. The van der Waals surface area contributed by atoms with Crippen LogP contribution in [0.2, 0.25) is 0 Å². The first-order valence-corrected chi connectivity index (χ1v) is 9.59. The smallest absolute Gasteiger partial charge is 0.139 e. The zero-order valence-electron chi connectivity index (χ0n) is 14.0. The SMILES string of the molecule is CC12CCC3C(CCC4CCCCCC43C)C1CCC2=O. The van der Waals surface area contributed by atoms with E-state index in [-0.39, 0.29) is 5.41 Å². The summed E-state index contributed by atoms with van der Waals surface area (Å²) in [5.74, 6) is 4.11. The van der Waals surface area contributed by atoms with Crippen molar-refractivity contribution < 1.29 is 4.79 Å². The van der Waals surface area contributed by atoms with Gasteiger partial charge in [0.2, 0.25) is 0 Å². The third-order valence-corrected chi connectivity index (χ3v) is 8.54. The molecule has 0 heterocycles. The predicted molar refractivity (Wildman–Crippen MR) is 86.0 cm³/mol. The topological polar surface area (TPSA) is 17.1 Å². The second kappa shape index (κ2) is 4.83. The van der Waals surface area contributed by atoms with Crippen molar-refractivity contribution in [3.8, 4) is 0 Å². The summed E-state index contributed by atoms with van der Waals surface area (Å²) in [6.45, 7) is 4.95. The van der Waals surface area contributed by atoms with Gasteiger partial charge in [-0.25, -0.2) is 0 Å². The van der Waals surface area contributed by atoms with Gasteiger partial charge in [-0.3, -0.25) is 4.79 Å². The average Bonchev–Trinajstić information content (AvgIpc) is 2.65. The van der Waals surface area contributed by atoms with Crippen LogP contribution in [0.25, 0.3) is 0 Å². The lowest BCUT2D eigenvalue weighted by atomic mass is 9.47. The molecule has 0 aromatic rings. The molecular formula is C20H32O. The highest BCUT2D eigenvalue weighted by molar-refractivity contribution is 5.87. The molecule has 0 spiro atoms. The van der Waals surface area contributed by atoms with E-state index >= 15 is 0 Å². The molecule has 0 bridgehead atoms. The Hall–Kier alpha value is -0.330. The van der Waals surface area contributed by atoms with Crippen molar-refractivity contribution in [3.05, 3.63) is 0 Å². The van der Waals surface area contributed by atoms with E-state index in [0.717, 1.165) is 30.1 Å². The average molecular weight is 288 g/mol. The van der Waals surface area contributed by atoms with Gasteiger partial charge in [-0.2, -0.15) is 0 Å². The third kappa shape index (κ3) is 1.91. The lowest BCUT2D eigenvalue weighted by Crippen LogP contribution is -2.51. The minimum Gasteiger partial charge on any atom is -0.299 e. The van der Waals surface area contributed by atoms with Gasteiger partial charge in [0.25, 0.3) is 0 Å². The Labute approximate surface area is 130 Å². The monoisotopic (exact) mass is 288 g/mol. The number of fused-ring (bicyclic) bond motifs is 5. The fourth-order valence-electron chi connectivity index (χ4n) is 7.24. The van der Waals surface area contributed by atoms with Crippen LogP contribution >= 0.6 is 0 Å². The fourth-order valence-corrected chi connectivity index (χ4v) is 7.24. The quantitative estimate of drug-likeness (QED) is 0.585. The highest BCUT2D eigenvalue weighted by Crippen LogP contribution is 2.64. The van der Waals surface area contributed by atoms with Crippen LogP contribution in [0.1, 0.15) is 84.5 Å². The summed E-state index contributed by atoms with van der Waals surface area (Å²) in [7, 11) is 0. The van der Waals surface area contributed by atoms with Gasteiger partial charge in [-0.15, -0.1) is 0 Å². The summed E-state index contributed by atoms with van der Waals surface area (Å²) < 4.78 is 0. The molecule has 0 saturated heterocycles. The molecule has 4 rings (SSSR count). The highest BCUT2D eigenvalue weighted by atomic mass is 16.1. The molecule has 118 valence electrons. The first-order valence-electron chi connectivity index (χ1n) is 9.59. The second-order valence-corrected chi connectivity index (χ2v) is 9.17. The summed E-state index contributed by atoms with van der Waals surface area (Å²) in [6.07, 6.45) is 14.9. The Morgan fingerprint density at radius 1 is 0.857 bits per heavy atom. The van der Waals surface area contributed by atoms with Crippen molar-refractivity contribution in [1.29, 1.82) is 0 Å². The van der Waals surface area contributed by atoms with Gasteiger partial charge >= 0.3 is 0 Å². The van der Waals surface area contributed by atoms with Gasteiger partial charge in [0.05, 0.1) is 0 Å². The summed E-state index contributed by atoms with van der Waals surface area (Å²) in [6, 6.07) is 0. The van der Waals surface area contributed by atoms with E-state index in [2.05, 4.69) is 13.8 Å². The first-order chi connectivity index (χ1) is 10.1. The number of hydrogen-bond donors (Lipinski definition) is 0. The molecule has 21 heavy (non-hydrogen) atoms. The zero-order chi connectivity index (χ0) is 14.7. The molecule has 4 aliphatic rings. The van der Waals surface area contributed by atoms with Gasteiger partial charge in [-0.05, 0) is 74.0 Å². The Bertz CT molecular complexity index is 441. The maximum atomic E-state index is 12.4. The van der Waals surface area contributed by atoms with E-state index in [9.17, 15) is 4.79 Å². The number of ketones is 1. The van der Waals surface area contributed by atoms with Gasteiger partial charge in [0.1, 0.15) is 5.78 Å². The van der Waals surface area contributed by atoms with Crippen molar-refractivity contribution in [2.75, 3.05) is 0 Å². The van der Waals surface area contributed by atoms with Crippen molar-refractivity contribution in [3.63, 3.8) is 0 Å². The molecule has 1 heteroatoms.